The van der Waals surface area contributed by atoms with Crippen LogP contribution in [0.25, 0.3) is 0 Å². The molecule has 4 rings (SSSR count). The maximum atomic E-state index is 13.0. The van der Waals surface area contributed by atoms with Gasteiger partial charge in [-0.05, 0) is 47.0 Å². The fourth-order valence-corrected chi connectivity index (χ4v) is 4.76. The molecule has 0 spiro atoms. The highest BCUT2D eigenvalue weighted by atomic mass is 32.1. The van der Waals surface area contributed by atoms with E-state index in [0.717, 1.165) is 25.3 Å². The van der Waals surface area contributed by atoms with Gasteiger partial charge < -0.3 is 9.32 Å². The molecule has 0 fully saturated rings. The van der Waals surface area contributed by atoms with Crippen LogP contribution in [0.2, 0.25) is 0 Å². The molecule has 3 aromatic heterocycles. The number of thiophene rings is 2. The largest absolute Gasteiger partial charge is 0.467 e. The van der Waals surface area contributed by atoms with E-state index in [1.807, 2.05) is 39.8 Å². The molecule has 0 bridgehead atoms. The van der Waals surface area contributed by atoms with E-state index in [2.05, 4.69) is 22.4 Å². The summed E-state index contributed by atoms with van der Waals surface area (Å²) in [4.78, 5) is 19.8. The fraction of sp³-hybridized carbons (Fsp3) is 0.316. The van der Waals surface area contributed by atoms with Gasteiger partial charge in [-0.3, -0.25) is 9.69 Å². The highest BCUT2D eigenvalue weighted by Crippen LogP contribution is 2.24. The molecule has 130 valence electrons. The van der Waals surface area contributed by atoms with Crippen LogP contribution < -0.4 is 0 Å². The quantitative estimate of drug-likeness (QED) is 0.656. The zero-order valence-corrected chi connectivity index (χ0v) is 15.5. The van der Waals surface area contributed by atoms with Crippen LogP contribution in [0.1, 0.15) is 21.1 Å². The lowest BCUT2D eigenvalue weighted by atomic mass is 10.1. The summed E-state index contributed by atoms with van der Waals surface area (Å²) in [7, 11) is 0. The Balaban J connectivity index is 1.43. The van der Waals surface area contributed by atoms with Crippen molar-refractivity contribution < 1.29 is 9.21 Å². The molecule has 0 N–H and O–H groups in total. The van der Waals surface area contributed by atoms with E-state index in [-0.39, 0.29) is 5.91 Å². The topological polar surface area (TPSA) is 36.7 Å². The molecule has 0 unspecified atom stereocenters. The van der Waals surface area contributed by atoms with Gasteiger partial charge in [-0.15, -0.1) is 22.7 Å². The van der Waals surface area contributed by atoms with Crippen molar-refractivity contribution in [2.45, 2.75) is 26.1 Å². The third kappa shape index (κ3) is 4.03. The van der Waals surface area contributed by atoms with Crippen molar-refractivity contribution in [1.29, 1.82) is 0 Å². The second kappa shape index (κ2) is 7.56. The van der Waals surface area contributed by atoms with E-state index in [0.29, 0.717) is 19.6 Å². The van der Waals surface area contributed by atoms with Gasteiger partial charge in [-0.2, -0.15) is 0 Å². The molecule has 25 heavy (non-hydrogen) atoms. The van der Waals surface area contributed by atoms with Crippen molar-refractivity contribution in [2.24, 2.45) is 0 Å². The third-order valence-electron chi connectivity index (χ3n) is 4.45. The number of furan rings is 1. The highest BCUT2D eigenvalue weighted by molar-refractivity contribution is 7.10. The normalized spacial score (nSPS) is 14.4. The summed E-state index contributed by atoms with van der Waals surface area (Å²) < 4.78 is 5.46. The fourth-order valence-electron chi connectivity index (χ4n) is 3.15. The molecule has 0 atom stereocenters. The lowest BCUT2D eigenvalue weighted by Crippen LogP contribution is -2.41. The Labute approximate surface area is 155 Å². The molecule has 6 heteroatoms. The van der Waals surface area contributed by atoms with E-state index in [1.54, 1.807) is 17.6 Å². The summed E-state index contributed by atoms with van der Waals surface area (Å²) in [5.74, 6) is 0.979. The van der Waals surface area contributed by atoms with E-state index >= 15 is 0 Å². The molecule has 1 amide bonds. The molecule has 0 radical (unpaired) electrons. The van der Waals surface area contributed by atoms with Gasteiger partial charge in [0.2, 0.25) is 5.91 Å². The van der Waals surface area contributed by atoms with Crippen molar-refractivity contribution in [3.05, 3.63) is 68.4 Å². The number of hydrogen-bond acceptors (Lipinski definition) is 5. The first kappa shape index (κ1) is 16.6. The Kier molecular flexibility index (Phi) is 5.01. The zero-order valence-electron chi connectivity index (χ0n) is 13.9. The van der Waals surface area contributed by atoms with Gasteiger partial charge in [-0.25, -0.2) is 0 Å². The van der Waals surface area contributed by atoms with Crippen LogP contribution in [0.15, 0.2) is 51.8 Å². The summed E-state index contributed by atoms with van der Waals surface area (Å²) in [6.07, 6.45) is 2.70. The summed E-state index contributed by atoms with van der Waals surface area (Å²) in [5, 5.41) is 4.20. The van der Waals surface area contributed by atoms with Crippen LogP contribution in [-0.2, 0) is 30.8 Å². The second-order valence-corrected chi connectivity index (χ2v) is 8.27. The SMILES string of the molecule is O=C(CN1CCc2sccc2C1)N(Cc1ccco1)Cc1cccs1. The molecule has 0 saturated heterocycles. The number of carbonyl (C=O) groups is 1. The Morgan fingerprint density at radius 1 is 1.16 bits per heavy atom. The van der Waals surface area contributed by atoms with E-state index in [9.17, 15) is 4.79 Å². The Bertz CT molecular complexity index is 772. The number of fused-ring (bicyclic) bond motifs is 1. The summed E-state index contributed by atoms with van der Waals surface area (Å²) >= 11 is 3.51. The van der Waals surface area contributed by atoms with Gasteiger partial charge in [0.05, 0.1) is 25.9 Å². The lowest BCUT2D eigenvalue weighted by Gasteiger charge is -2.29. The predicted octanol–water partition coefficient (Wildman–Crippen LogP) is 3.99. The van der Waals surface area contributed by atoms with Crippen molar-refractivity contribution in [1.82, 2.24) is 9.80 Å². The number of carbonyl (C=O) groups excluding carboxylic acids is 1. The average molecular weight is 373 g/mol. The Morgan fingerprint density at radius 3 is 2.92 bits per heavy atom. The van der Waals surface area contributed by atoms with Gasteiger partial charge in [0.1, 0.15) is 5.76 Å². The van der Waals surface area contributed by atoms with Gasteiger partial charge in [0.25, 0.3) is 0 Å². The molecule has 3 aromatic rings. The van der Waals surface area contributed by atoms with Crippen LogP contribution >= 0.6 is 22.7 Å². The molecular weight excluding hydrogens is 352 g/mol. The average Bonchev–Trinajstić information content (AvgIpc) is 3.36. The molecule has 1 aliphatic rings. The third-order valence-corrected chi connectivity index (χ3v) is 6.34. The first-order valence-electron chi connectivity index (χ1n) is 8.38. The molecule has 1 aliphatic heterocycles. The highest BCUT2D eigenvalue weighted by Gasteiger charge is 2.23. The van der Waals surface area contributed by atoms with Crippen molar-refractivity contribution >= 4 is 28.6 Å². The van der Waals surface area contributed by atoms with Crippen molar-refractivity contribution in [3.63, 3.8) is 0 Å². The van der Waals surface area contributed by atoms with Crippen LogP contribution in [0.4, 0.5) is 0 Å². The van der Waals surface area contributed by atoms with E-state index in [1.165, 1.54) is 15.3 Å². The van der Waals surface area contributed by atoms with Gasteiger partial charge in [0.15, 0.2) is 0 Å². The minimum atomic E-state index is 0.156. The number of amides is 1. The minimum Gasteiger partial charge on any atom is -0.467 e. The van der Waals surface area contributed by atoms with Crippen LogP contribution in [-0.4, -0.2) is 28.8 Å². The van der Waals surface area contributed by atoms with Crippen molar-refractivity contribution in [2.75, 3.05) is 13.1 Å². The monoisotopic (exact) mass is 372 g/mol. The zero-order chi connectivity index (χ0) is 17.1. The molecule has 4 nitrogen and oxygen atoms in total. The predicted molar refractivity (Wildman–Crippen MR) is 101 cm³/mol. The second-order valence-electron chi connectivity index (χ2n) is 6.24. The van der Waals surface area contributed by atoms with Crippen LogP contribution in [0.5, 0.6) is 0 Å². The number of nitrogens with zero attached hydrogens (tertiary/aromatic N) is 2. The molecular formula is C19H20N2O2S2. The summed E-state index contributed by atoms with van der Waals surface area (Å²) in [6, 6.07) is 10.1. The Hall–Kier alpha value is -1.89. The molecule has 0 aliphatic carbocycles. The molecule has 4 heterocycles. The maximum Gasteiger partial charge on any atom is 0.237 e. The van der Waals surface area contributed by atoms with Gasteiger partial charge in [0, 0.05) is 22.8 Å². The maximum absolute atomic E-state index is 13.0. The Morgan fingerprint density at radius 2 is 2.12 bits per heavy atom. The van der Waals surface area contributed by atoms with E-state index < -0.39 is 0 Å². The standard InChI is InChI=1S/C19H20N2O2S2/c22-19(14-20-7-5-18-15(11-20)6-10-25-18)21(12-16-3-1-8-23-16)13-17-4-2-9-24-17/h1-4,6,8-10H,5,7,11-14H2. The molecule has 0 aromatic carbocycles. The minimum absolute atomic E-state index is 0.156. The van der Waals surface area contributed by atoms with Gasteiger partial charge in [-0.1, -0.05) is 6.07 Å². The van der Waals surface area contributed by atoms with Crippen molar-refractivity contribution in [3.8, 4) is 0 Å². The van der Waals surface area contributed by atoms with E-state index in [4.69, 9.17) is 4.42 Å². The summed E-state index contributed by atoms with van der Waals surface area (Å²) in [6.45, 7) is 3.43. The van der Waals surface area contributed by atoms with Gasteiger partial charge >= 0.3 is 0 Å². The first-order valence-corrected chi connectivity index (χ1v) is 10.1. The van der Waals surface area contributed by atoms with Crippen LogP contribution in [0.3, 0.4) is 0 Å². The van der Waals surface area contributed by atoms with Crippen LogP contribution in [0, 0.1) is 0 Å². The first-order chi connectivity index (χ1) is 12.3. The smallest absolute Gasteiger partial charge is 0.237 e. The lowest BCUT2D eigenvalue weighted by molar-refractivity contribution is -0.134. The summed E-state index contributed by atoms with van der Waals surface area (Å²) in [5.41, 5.74) is 1.37. The molecule has 0 saturated carbocycles. The number of rotatable bonds is 6. The number of hydrogen-bond donors (Lipinski definition) is 0.